The number of hydrogen-bond acceptors (Lipinski definition) is 6. The van der Waals surface area contributed by atoms with Gasteiger partial charge in [-0.25, -0.2) is 0 Å². The van der Waals surface area contributed by atoms with E-state index in [0.717, 1.165) is 0 Å². The highest BCUT2D eigenvalue weighted by Crippen LogP contribution is 2.30. The number of nitrogens with one attached hydrogen (secondary N) is 2. The van der Waals surface area contributed by atoms with Crippen LogP contribution in [0.1, 0.15) is 15.9 Å². The van der Waals surface area contributed by atoms with Crippen LogP contribution in [-0.4, -0.2) is 44.7 Å². The number of rotatable bonds is 6. The molecule has 0 atom stereocenters. The van der Waals surface area contributed by atoms with E-state index in [4.69, 9.17) is 14.2 Å². The molecule has 0 fully saturated rings. The summed E-state index contributed by atoms with van der Waals surface area (Å²) in [6.45, 7) is 0.533. The quantitative estimate of drug-likeness (QED) is 0.733. The number of fused-ring (bicyclic) bond motifs is 1. The summed E-state index contributed by atoms with van der Waals surface area (Å²) in [4.78, 5) is 35.6. The maximum absolute atomic E-state index is 12.0. The predicted octanol–water partition coefficient (Wildman–Crippen LogP) is 1.54. The lowest BCUT2D eigenvalue weighted by atomic mass is 10.1. The molecule has 0 spiro atoms. The molecule has 2 N–H and O–H groups in total. The summed E-state index contributed by atoms with van der Waals surface area (Å²) in [7, 11) is 1.52. The standard InChI is InChI=1S/C20H20N2O6/c1-21-20(25)14-3-2-4-15(11-14)22-18(23)12-28-19(24)10-13-5-6-16-17(9-13)27-8-7-26-16/h2-6,9,11H,7-8,10,12H2,1H3,(H,21,25)(H,22,23). The topological polar surface area (TPSA) is 103 Å². The maximum atomic E-state index is 12.0. The molecule has 0 bridgehead atoms. The Labute approximate surface area is 161 Å². The molecule has 146 valence electrons. The summed E-state index contributed by atoms with van der Waals surface area (Å²) in [6.07, 6.45) is 0.01000. The van der Waals surface area contributed by atoms with Gasteiger partial charge in [0.15, 0.2) is 18.1 Å². The highest BCUT2D eigenvalue weighted by molar-refractivity contribution is 5.97. The normalized spacial score (nSPS) is 12.0. The fourth-order valence-electron chi connectivity index (χ4n) is 2.64. The SMILES string of the molecule is CNC(=O)c1cccc(NC(=O)COC(=O)Cc2ccc3c(c2)OCCO3)c1. The predicted molar refractivity (Wildman–Crippen MR) is 101 cm³/mol. The minimum atomic E-state index is -0.536. The van der Waals surface area contributed by atoms with E-state index in [1.165, 1.54) is 13.1 Å². The van der Waals surface area contributed by atoms with Crippen LogP contribution < -0.4 is 20.1 Å². The van der Waals surface area contributed by atoms with E-state index in [1.54, 1.807) is 36.4 Å². The molecule has 8 nitrogen and oxygen atoms in total. The summed E-state index contributed by atoms with van der Waals surface area (Å²) in [6, 6.07) is 11.7. The van der Waals surface area contributed by atoms with E-state index < -0.39 is 18.5 Å². The second-order valence-corrected chi connectivity index (χ2v) is 6.02. The summed E-state index contributed by atoms with van der Waals surface area (Å²) in [5.74, 6) is -0.0653. The number of esters is 1. The van der Waals surface area contributed by atoms with Crippen molar-refractivity contribution in [3.8, 4) is 11.5 Å². The number of ether oxygens (including phenoxy) is 3. The van der Waals surface area contributed by atoms with Crippen molar-refractivity contribution >= 4 is 23.5 Å². The molecule has 1 aliphatic heterocycles. The molecule has 1 heterocycles. The molecule has 0 unspecified atom stereocenters. The first-order valence-electron chi connectivity index (χ1n) is 8.71. The van der Waals surface area contributed by atoms with Crippen molar-refractivity contribution in [3.63, 3.8) is 0 Å². The third kappa shape index (κ3) is 5.00. The summed E-state index contributed by atoms with van der Waals surface area (Å²) < 4.78 is 15.9. The van der Waals surface area contributed by atoms with Crippen LogP contribution >= 0.6 is 0 Å². The molecule has 2 amide bonds. The lowest BCUT2D eigenvalue weighted by molar-refractivity contribution is -0.146. The second kappa shape index (κ2) is 8.90. The molecule has 0 aromatic heterocycles. The van der Waals surface area contributed by atoms with Gasteiger partial charge >= 0.3 is 5.97 Å². The minimum absolute atomic E-state index is 0.01000. The Morgan fingerprint density at radius 3 is 2.61 bits per heavy atom. The van der Waals surface area contributed by atoms with Crippen LogP contribution in [0.3, 0.4) is 0 Å². The zero-order valence-electron chi connectivity index (χ0n) is 15.3. The van der Waals surface area contributed by atoms with Gasteiger partial charge < -0.3 is 24.8 Å². The van der Waals surface area contributed by atoms with Crippen LogP contribution in [0.25, 0.3) is 0 Å². The molecular weight excluding hydrogens is 364 g/mol. The van der Waals surface area contributed by atoms with Gasteiger partial charge in [0, 0.05) is 18.3 Å². The summed E-state index contributed by atoms with van der Waals surface area (Å²) in [5, 5.41) is 5.09. The number of amides is 2. The van der Waals surface area contributed by atoms with Gasteiger partial charge in [-0.1, -0.05) is 12.1 Å². The molecule has 8 heteroatoms. The van der Waals surface area contributed by atoms with Gasteiger partial charge in [0.1, 0.15) is 13.2 Å². The van der Waals surface area contributed by atoms with Crippen molar-refractivity contribution in [2.45, 2.75) is 6.42 Å². The molecule has 2 aromatic carbocycles. The Balaban J connectivity index is 1.49. The third-order valence-corrected chi connectivity index (χ3v) is 3.95. The highest BCUT2D eigenvalue weighted by atomic mass is 16.6. The van der Waals surface area contributed by atoms with E-state index in [1.807, 2.05) is 0 Å². The fraction of sp³-hybridized carbons (Fsp3) is 0.250. The van der Waals surface area contributed by atoms with Gasteiger partial charge in [0.05, 0.1) is 6.42 Å². The van der Waals surface area contributed by atoms with Crippen molar-refractivity contribution in [1.29, 1.82) is 0 Å². The van der Waals surface area contributed by atoms with Crippen LogP contribution in [0.5, 0.6) is 11.5 Å². The van der Waals surface area contributed by atoms with Crippen molar-refractivity contribution in [1.82, 2.24) is 5.32 Å². The monoisotopic (exact) mass is 384 g/mol. The zero-order valence-corrected chi connectivity index (χ0v) is 15.3. The number of hydrogen-bond donors (Lipinski definition) is 2. The smallest absolute Gasteiger partial charge is 0.310 e. The van der Waals surface area contributed by atoms with Gasteiger partial charge in [-0.3, -0.25) is 14.4 Å². The Bertz CT molecular complexity index is 896. The van der Waals surface area contributed by atoms with Crippen LogP contribution in [0.15, 0.2) is 42.5 Å². The average Bonchev–Trinajstić information content (AvgIpc) is 2.72. The molecule has 0 saturated carbocycles. The van der Waals surface area contributed by atoms with Crippen molar-refractivity contribution < 1.29 is 28.6 Å². The van der Waals surface area contributed by atoms with Crippen LogP contribution in [0, 0.1) is 0 Å². The summed E-state index contributed by atoms with van der Waals surface area (Å²) in [5.41, 5.74) is 1.55. The first-order chi connectivity index (χ1) is 13.5. The number of benzene rings is 2. The number of carbonyl (C=O) groups excluding carboxylic acids is 3. The van der Waals surface area contributed by atoms with Crippen molar-refractivity contribution in [3.05, 3.63) is 53.6 Å². The van der Waals surface area contributed by atoms with E-state index in [0.29, 0.717) is 41.5 Å². The minimum Gasteiger partial charge on any atom is -0.486 e. The Kier molecular flexibility index (Phi) is 6.11. The van der Waals surface area contributed by atoms with Gasteiger partial charge in [-0.2, -0.15) is 0 Å². The van der Waals surface area contributed by atoms with Crippen LogP contribution in [0.2, 0.25) is 0 Å². The lowest BCUT2D eigenvalue weighted by Gasteiger charge is -2.18. The van der Waals surface area contributed by atoms with E-state index in [-0.39, 0.29) is 12.3 Å². The average molecular weight is 384 g/mol. The molecule has 2 aromatic rings. The molecule has 0 saturated heterocycles. The van der Waals surface area contributed by atoms with Crippen molar-refractivity contribution in [2.24, 2.45) is 0 Å². The Morgan fingerprint density at radius 1 is 1.04 bits per heavy atom. The molecule has 28 heavy (non-hydrogen) atoms. The second-order valence-electron chi connectivity index (χ2n) is 6.02. The number of anilines is 1. The molecule has 1 aliphatic rings. The zero-order chi connectivity index (χ0) is 19.9. The third-order valence-electron chi connectivity index (χ3n) is 3.95. The Morgan fingerprint density at radius 2 is 1.82 bits per heavy atom. The summed E-state index contributed by atoms with van der Waals surface area (Å²) >= 11 is 0. The van der Waals surface area contributed by atoms with Gasteiger partial charge in [0.25, 0.3) is 11.8 Å². The first kappa shape index (κ1) is 19.2. The lowest BCUT2D eigenvalue weighted by Crippen LogP contribution is -2.22. The molecule has 0 aliphatic carbocycles. The van der Waals surface area contributed by atoms with E-state index in [9.17, 15) is 14.4 Å². The Hall–Kier alpha value is -3.55. The van der Waals surface area contributed by atoms with Gasteiger partial charge in [-0.15, -0.1) is 0 Å². The maximum Gasteiger partial charge on any atom is 0.310 e. The van der Waals surface area contributed by atoms with Gasteiger partial charge in [0.2, 0.25) is 0 Å². The van der Waals surface area contributed by atoms with Crippen molar-refractivity contribution in [2.75, 3.05) is 32.2 Å². The fourth-order valence-corrected chi connectivity index (χ4v) is 2.64. The molecule has 0 radical (unpaired) electrons. The molecule has 3 rings (SSSR count). The molecular formula is C20H20N2O6. The highest BCUT2D eigenvalue weighted by Gasteiger charge is 2.14. The van der Waals surface area contributed by atoms with Crippen LogP contribution in [-0.2, 0) is 20.7 Å². The largest absolute Gasteiger partial charge is 0.486 e. The van der Waals surface area contributed by atoms with E-state index in [2.05, 4.69) is 10.6 Å². The van der Waals surface area contributed by atoms with Crippen LogP contribution in [0.4, 0.5) is 5.69 Å². The number of carbonyl (C=O) groups is 3. The first-order valence-corrected chi connectivity index (χ1v) is 8.71. The van der Waals surface area contributed by atoms with E-state index >= 15 is 0 Å². The van der Waals surface area contributed by atoms with Gasteiger partial charge in [-0.05, 0) is 35.9 Å².